The molecular weight excluding hydrogens is 406 g/mol. The third-order valence-electron chi connectivity index (χ3n) is 6.11. The Morgan fingerprint density at radius 1 is 1.28 bits per heavy atom. The molecule has 2 aliphatic rings. The van der Waals surface area contributed by atoms with Crippen LogP contribution in [0.1, 0.15) is 61.7 Å². The molecule has 1 amide bonds. The number of aliphatic hydroxyl groups excluding tert-OH is 1. The van der Waals surface area contributed by atoms with Crippen molar-refractivity contribution in [2.75, 3.05) is 31.3 Å². The molecule has 2 N–H and O–H groups in total. The minimum Gasteiger partial charge on any atom is -0.493 e. The van der Waals surface area contributed by atoms with E-state index in [4.69, 9.17) is 21.4 Å². The summed E-state index contributed by atoms with van der Waals surface area (Å²) in [7, 11) is 0. The average Bonchev–Trinajstić information content (AvgIpc) is 2.70. The van der Waals surface area contributed by atoms with Crippen LogP contribution in [0.15, 0.2) is 18.2 Å². The zero-order chi connectivity index (χ0) is 19.8. The third-order valence-corrected chi connectivity index (χ3v) is 7.47. The Morgan fingerprint density at radius 3 is 2.76 bits per heavy atom. The van der Waals surface area contributed by atoms with E-state index in [1.807, 2.05) is 6.07 Å². The molecule has 0 aromatic heterocycles. The molecule has 0 unspecified atom stereocenters. The number of aliphatic hydroxyl groups is 1. The minimum atomic E-state index is -0.102. The van der Waals surface area contributed by atoms with E-state index >= 15 is 0 Å². The highest BCUT2D eigenvalue weighted by Crippen LogP contribution is 2.48. The quantitative estimate of drug-likeness (QED) is 0.488. The van der Waals surface area contributed by atoms with Crippen LogP contribution < -0.4 is 10.1 Å². The van der Waals surface area contributed by atoms with Crippen molar-refractivity contribution in [1.82, 2.24) is 5.32 Å². The number of hydrogen-bond donors (Lipinski definition) is 2. The lowest BCUT2D eigenvalue weighted by atomic mass is 9.62. The Morgan fingerprint density at radius 2 is 2.03 bits per heavy atom. The van der Waals surface area contributed by atoms with Crippen molar-refractivity contribution in [3.8, 4) is 5.75 Å². The van der Waals surface area contributed by atoms with Crippen LogP contribution in [0.2, 0.25) is 5.02 Å². The second-order valence-electron chi connectivity index (χ2n) is 8.22. The number of carbonyl (C=O) groups excluding carboxylic acids is 1. The van der Waals surface area contributed by atoms with Crippen molar-refractivity contribution in [3.63, 3.8) is 0 Å². The van der Waals surface area contributed by atoms with Crippen molar-refractivity contribution >= 4 is 29.3 Å². The van der Waals surface area contributed by atoms with Crippen LogP contribution in [0.5, 0.6) is 5.75 Å². The van der Waals surface area contributed by atoms with Gasteiger partial charge in [-0.2, -0.15) is 11.8 Å². The molecule has 0 aliphatic heterocycles. The Balaban J connectivity index is 0.00000300. The number of fused-ring (bicyclic) bond motifs is 2. The van der Waals surface area contributed by atoms with Gasteiger partial charge in [0.25, 0.3) is 5.91 Å². The summed E-state index contributed by atoms with van der Waals surface area (Å²) in [6, 6.07) is 5.29. The second-order valence-corrected chi connectivity index (χ2v) is 9.85. The van der Waals surface area contributed by atoms with Crippen molar-refractivity contribution in [2.45, 2.75) is 51.4 Å². The van der Waals surface area contributed by atoms with Gasteiger partial charge >= 0.3 is 0 Å². The summed E-state index contributed by atoms with van der Waals surface area (Å²) in [6.07, 6.45) is 9.83. The van der Waals surface area contributed by atoms with Gasteiger partial charge in [0.1, 0.15) is 5.75 Å². The minimum absolute atomic E-state index is 0. The maximum atomic E-state index is 12.8. The fourth-order valence-electron chi connectivity index (χ4n) is 4.69. The highest BCUT2D eigenvalue weighted by atomic mass is 35.5. The average molecular weight is 440 g/mol. The molecule has 0 atom stereocenters. The highest BCUT2D eigenvalue weighted by molar-refractivity contribution is 7.99. The zero-order valence-corrected chi connectivity index (χ0v) is 18.8. The van der Waals surface area contributed by atoms with Gasteiger partial charge in [0.2, 0.25) is 0 Å². The molecular formula is C23H34ClNO3S. The first-order valence-electron chi connectivity index (χ1n) is 10.5. The zero-order valence-electron chi connectivity index (χ0n) is 17.3. The van der Waals surface area contributed by atoms with Gasteiger partial charge in [0.15, 0.2) is 0 Å². The molecule has 2 fully saturated rings. The lowest BCUT2D eigenvalue weighted by molar-refractivity contribution is 0.0681. The molecule has 2 saturated carbocycles. The third kappa shape index (κ3) is 7.08. The number of rotatable bonds is 10. The lowest BCUT2D eigenvalue weighted by Crippen LogP contribution is -2.43. The summed E-state index contributed by atoms with van der Waals surface area (Å²) < 4.78 is 5.77. The van der Waals surface area contributed by atoms with Crippen LogP contribution in [0.25, 0.3) is 0 Å². The Bertz CT molecular complexity index is 645. The first-order valence-corrected chi connectivity index (χ1v) is 12.0. The number of ether oxygens (including phenoxy) is 1. The number of thioether (sulfide) groups is 1. The number of nitrogens with one attached hydrogen (secondary N) is 1. The van der Waals surface area contributed by atoms with Crippen molar-refractivity contribution < 1.29 is 14.6 Å². The summed E-state index contributed by atoms with van der Waals surface area (Å²) in [6.45, 7) is 1.56. The van der Waals surface area contributed by atoms with E-state index in [0.29, 0.717) is 28.4 Å². The van der Waals surface area contributed by atoms with E-state index in [-0.39, 0.29) is 19.9 Å². The summed E-state index contributed by atoms with van der Waals surface area (Å²) in [5, 5.41) is 12.4. The maximum Gasteiger partial charge on any atom is 0.252 e. The van der Waals surface area contributed by atoms with E-state index in [1.54, 1.807) is 23.9 Å². The van der Waals surface area contributed by atoms with Gasteiger partial charge < -0.3 is 15.2 Å². The first kappa shape index (κ1) is 24.4. The smallest absolute Gasteiger partial charge is 0.252 e. The van der Waals surface area contributed by atoms with Crippen molar-refractivity contribution in [2.24, 2.45) is 11.3 Å². The van der Waals surface area contributed by atoms with Crippen LogP contribution in [0, 0.1) is 18.8 Å². The number of carbonyl (C=O) groups is 1. The predicted molar refractivity (Wildman–Crippen MR) is 122 cm³/mol. The molecule has 2 bridgehead atoms. The van der Waals surface area contributed by atoms with Crippen LogP contribution in [-0.4, -0.2) is 42.3 Å². The van der Waals surface area contributed by atoms with Gasteiger partial charge in [-0.3, -0.25) is 4.79 Å². The summed E-state index contributed by atoms with van der Waals surface area (Å²) in [4.78, 5) is 12.8. The summed E-state index contributed by atoms with van der Waals surface area (Å²) in [5.41, 5.74) is 0.787. The van der Waals surface area contributed by atoms with Gasteiger partial charge in [-0.15, -0.1) is 0 Å². The molecule has 0 heterocycles. The predicted octanol–water partition coefficient (Wildman–Crippen LogP) is 5.25. The number of hydrogen-bond acceptors (Lipinski definition) is 4. The standard InChI is InChI=1S/C22H32ClNO3S.CH2/c23-20-7-6-18(27-11-13-28-12-3-10-25)14-19(20)21(26)24-16-22-8-1-4-17(15-22)5-2-9-22;/h6-7,14,17,25H,1-5,8-13,15-16H2,(H,24,26);1H2. The lowest BCUT2D eigenvalue weighted by Gasteiger charge is -2.45. The molecule has 1 aromatic rings. The van der Waals surface area contributed by atoms with Gasteiger partial charge in [-0.05, 0) is 61.0 Å². The summed E-state index contributed by atoms with van der Waals surface area (Å²) >= 11 is 8.04. The Labute approximate surface area is 185 Å². The fraction of sp³-hybridized carbons (Fsp3) is 0.652. The van der Waals surface area contributed by atoms with E-state index in [9.17, 15) is 4.79 Å². The van der Waals surface area contributed by atoms with Crippen LogP contribution in [0.4, 0.5) is 0 Å². The van der Waals surface area contributed by atoms with Gasteiger partial charge in [0.05, 0.1) is 17.2 Å². The van der Waals surface area contributed by atoms with Crippen LogP contribution in [-0.2, 0) is 0 Å². The SMILES string of the molecule is O=C(NCC12CCCC(CCC1)C2)c1cc(OCCSCCCO)ccc1Cl.[CH2]. The molecule has 2 radical (unpaired) electrons. The highest BCUT2D eigenvalue weighted by Gasteiger charge is 2.39. The fourth-order valence-corrected chi connectivity index (χ4v) is 5.63. The molecule has 0 spiro atoms. The molecule has 3 rings (SSSR count). The monoisotopic (exact) mass is 439 g/mol. The van der Waals surface area contributed by atoms with Gasteiger partial charge in [0, 0.05) is 18.9 Å². The van der Waals surface area contributed by atoms with Gasteiger partial charge in [-0.25, -0.2) is 0 Å². The molecule has 29 heavy (non-hydrogen) atoms. The van der Waals surface area contributed by atoms with Gasteiger partial charge in [-0.1, -0.05) is 44.7 Å². The van der Waals surface area contributed by atoms with Crippen molar-refractivity contribution in [1.29, 1.82) is 0 Å². The molecule has 6 heteroatoms. The van der Waals surface area contributed by atoms with Crippen LogP contribution in [0.3, 0.4) is 0 Å². The van der Waals surface area contributed by atoms with E-state index in [0.717, 1.165) is 30.4 Å². The first-order chi connectivity index (χ1) is 13.6. The molecule has 0 saturated heterocycles. The largest absolute Gasteiger partial charge is 0.493 e. The van der Waals surface area contributed by atoms with Crippen LogP contribution >= 0.6 is 23.4 Å². The summed E-state index contributed by atoms with van der Waals surface area (Å²) in [5.74, 6) is 3.21. The number of benzene rings is 1. The maximum absolute atomic E-state index is 12.8. The molecule has 4 nitrogen and oxygen atoms in total. The van der Waals surface area contributed by atoms with E-state index < -0.39 is 0 Å². The normalized spacial score (nSPS) is 23.2. The topological polar surface area (TPSA) is 58.6 Å². The Hall–Kier alpha value is -0.910. The van der Waals surface area contributed by atoms with Crippen molar-refractivity contribution in [3.05, 3.63) is 36.2 Å². The molecule has 2 aliphatic carbocycles. The second kappa shape index (κ2) is 12.1. The molecule has 1 aromatic carbocycles. The van der Waals surface area contributed by atoms with E-state index in [1.165, 1.54) is 44.9 Å². The van der Waals surface area contributed by atoms with E-state index in [2.05, 4.69) is 5.32 Å². The molecule has 162 valence electrons. The Kier molecular flexibility index (Phi) is 10.1. The number of amides is 1. The number of halogens is 1.